The van der Waals surface area contributed by atoms with Gasteiger partial charge < -0.3 is 14.2 Å². The molecule has 0 spiro atoms. The summed E-state index contributed by atoms with van der Waals surface area (Å²) in [6.45, 7) is 6.80. The van der Waals surface area contributed by atoms with Crippen LogP contribution in [0, 0.1) is 0 Å². The number of ether oxygens (including phenoxy) is 1. The Hall–Kier alpha value is -2.08. The number of hydrogen-bond acceptors (Lipinski definition) is 6. The van der Waals surface area contributed by atoms with Gasteiger partial charge in [0.05, 0.1) is 19.3 Å². The molecule has 0 radical (unpaired) electrons. The smallest absolute Gasteiger partial charge is 0.240 e. The van der Waals surface area contributed by atoms with E-state index in [4.69, 9.17) is 9.26 Å². The first-order valence-corrected chi connectivity index (χ1v) is 8.72. The molecule has 1 aromatic carbocycles. The number of methoxy groups -OCH3 is 1. The summed E-state index contributed by atoms with van der Waals surface area (Å²) in [4.78, 5) is 9.23. The van der Waals surface area contributed by atoms with Crippen molar-refractivity contribution in [1.29, 1.82) is 0 Å². The van der Waals surface area contributed by atoms with Crippen LogP contribution < -0.4 is 9.64 Å². The van der Waals surface area contributed by atoms with Crippen molar-refractivity contribution in [3.8, 4) is 5.75 Å². The van der Waals surface area contributed by atoms with E-state index in [0.717, 1.165) is 69.5 Å². The number of benzene rings is 1. The Morgan fingerprint density at radius 3 is 2.71 bits per heavy atom. The molecule has 1 saturated heterocycles. The van der Waals surface area contributed by atoms with E-state index in [0.29, 0.717) is 0 Å². The topological polar surface area (TPSA) is 54.6 Å². The second-order valence-corrected chi connectivity index (χ2v) is 6.14. The van der Waals surface area contributed by atoms with Crippen LogP contribution in [0.4, 0.5) is 5.69 Å². The van der Waals surface area contributed by atoms with Crippen molar-refractivity contribution in [2.75, 3.05) is 38.2 Å². The predicted octanol–water partition coefficient (Wildman–Crippen LogP) is 2.74. The van der Waals surface area contributed by atoms with Gasteiger partial charge in [0.2, 0.25) is 5.89 Å². The van der Waals surface area contributed by atoms with Gasteiger partial charge in [-0.3, -0.25) is 4.90 Å². The number of aromatic nitrogens is 2. The van der Waals surface area contributed by atoms with Gasteiger partial charge in [0.25, 0.3) is 0 Å². The lowest BCUT2D eigenvalue weighted by atomic mass is 10.2. The lowest BCUT2D eigenvalue weighted by Crippen LogP contribution is -2.46. The highest BCUT2D eigenvalue weighted by atomic mass is 16.5. The summed E-state index contributed by atoms with van der Waals surface area (Å²) in [5, 5.41) is 4.06. The maximum absolute atomic E-state index is 5.47. The highest BCUT2D eigenvalue weighted by molar-refractivity contribution is 5.58. The van der Waals surface area contributed by atoms with Crippen molar-refractivity contribution in [2.24, 2.45) is 0 Å². The molecule has 1 aromatic heterocycles. The summed E-state index contributed by atoms with van der Waals surface area (Å²) in [6, 6.07) is 8.19. The van der Waals surface area contributed by atoms with Crippen LogP contribution in [0.15, 0.2) is 28.8 Å². The molecule has 0 aliphatic carbocycles. The zero-order valence-corrected chi connectivity index (χ0v) is 14.6. The van der Waals surface area contributed by atoms with Gasteiger partial charge in [0.1, 0.15) is 5.75 Å². The van der Waals surface area contributed by atoms with Crippen LogP contribution in [0.1, 0.15) is 31.5 Å². The van der Waals surface area contributed by atoms with Crippen LogP contribution in [-0.2, 0) is 13.0 Å². The molecule has 1 fully saturated rings. The first-order valence-electron chi connectivity index (χ1n) is 8.72. The van der Waals surface area contributed by atoms with Gasteiger partial charge in [-0.1, -0.05) is 30.6 Å². The SMILES string of the molecule is CCCCc1noc(CN2CCN(c3ccccc3OC)CC2)n1. The van der Waals surface area contributed by atoms with E-state index in [2.05, 4.69) is 39.0 Å². The fourth-order valence-electron chi connectivity index (χ4n) is 3.02. The van der Waals surface area contributed by atoms with Crippen LogP contribution in [-0.4, -0.2) is 48.3 Å². The Bertz CT molecular complexity index is 635. The maximum Gasteiger partial charge on any atom is 0.240 e. The summed E-state index contributed by atoms with van der Waals surface area (Å²) in [6.07, 6.45) is 3.16. The van der Waals surface area contributed by atoms with E-state index in [9.17, 15) is 0 Å². The highest BCUT2D eigenvalue weighted by Crippen LogP contribution is 2.28. The average molecular weight is 330 g/mol. The zero-order chi connectivity index (χ0) is 16.8. The first-order chi connectivity index (χ1) is 11.8. The second-order valence-electron chi connectivity index (χ2n) is 6.14. The number of hydrogen-bond donors (Lipinski definition) is 0. The van der Waals surface area contributed by atoms with Crippen LogP contribution >= 0.6 is 0 Å². The number of anilines is 1. The second kappa shape index (κ2) is 8.15. The lowest BCUT2D eigenvalue weighted by molar-refractivity contribution is 0.215. The van der Waals surface area contributed by atoms with Crippen LogP contribution in [0.5, 0.6) is 5.75 Å². The van der Waals surface area contributed by atoms with Crippen molar-refractivity contribution in [3.05, 3.63) is 36.0 Å². The molecule has 0 bridgehead atoms. The van der Waals surface area contributed by atoms with Crippen molar-refractivity contribution < 1.29 is 9.26 Å². The molecule has 0 saturated carbocycles. The average Bonchev–Trinajstić information content (AvgIpc) is 3.08. The number of unbranched alkanes of at least 4 members (excludes halogenated alkanes) is 1. The van der Waals surface area contributed by atoms with E-state index < -0.39 is 0 Å². The standard InChI is InChI=1S/C18H26N4O2/c1-3-4-9-17-19-18(24-20-17)14-21-10-12-22(13-11-21)15-7-5-6-8-16(15)23-2/h5-8H,3-4,9-14H2,1-2H3. The molecule has 2 aromatic rings. The van der Waals surface area contributed by atoms with E-state index in [1.165, 1.54) is 5.69 Å². The summed E-state index contributed by atoms with van der Waals surface area (Å²) >= 11 is 0. The molecule has 6 heteroatoms. The Labute approximate surface area is 143 Å². The number of para-hydroxylation sites is 2. The minimum Gasteiger partial charge on any atom is -0.495 e. The third kappa shape index (κ3) is 4.06. The van der Waals surface area contributed by atoms with E-state index in [1.807, 2.05) is 12.1 Å². The highest BCUT2D eigenvalue weighted by Gasteiger charge is 2.21. The summed E-state index contributed by atoms with van der Waals surface area (Å²) in [5.74, 6) is 2.50. The zero-order valence-electron chi connectivity index (χ0n) is 14.6. The third-order valence-corrected chi connectivity index (χ3v) is 4.42. The van der Waals surface area contributed by atoms with Gasteiger partial charge in [-0.15, -0.1) is 0 Å². The minimum atomic E-state index is 0.729. The van der Waals surface area contributed by atoms with Crippen molar-refractivity contribution >= 4 is 5.69 Å². The van der Waals surface area contributed by atoms with E-state index >= 15 is 0 Å². The fourth-order valence-corrected chi connectivity index (χ4v) is 3.02. The van der Waals surface area contributed by atoms with Gasteiger partial charge in [-0.2, -0.15) is 4.98 Å². The predicted molar refractivity (Wildman–Crippen MR) is 93.4 cm³/mol. The Morgan fingerprint density at radius 1 is 1.17 bits per heavy atom. The fraction of sp³-hybridized carbons (Fsp3) is 0.556. The molecule has 0 atom stereocenters. The van der Waals surface area contributed by atoms with Crippen molar-refractivity contribution in [1.82, 2.24) is 15.0 Å². The van der Waals surface area contributed by atoms with E-state index in [1.54, 1.807) is 7.11 Å². The molecule has 0 unspecified atom stereocenters. The van der Waals surface area contributed by atoms with Gasteiger partial charge in [-0.05, 0) is 18.6 Å². The summed E-state index contributed by atoms with van der Waals surface area (Å²) in [5.41, 5.74) is 1.17. The molecule has 0 amide bonds. The minimum absolute atomic E-state index is 0.729. The molecule has 24 heavy (non-hydrogen) atoms. The number of rotatable bonds is 7. The molecule has 3 rings (SSSR count). The summed E-state index contributed by atoms with van der Waals surface area (Å²) in [7, 11) is 1.72. The molecular weight excluding hydrogens is 304 g/mol. The molecule has 6 nitrogen and oxygen atoms in total. The lowest BCUT2D eigenvalue weighted by Gasteiger charge is -2.35. The van der Waals surface area contributed by atoms with Crippen LogP contribution in [0.3, 0.4) is 0 Å². The first kappa shape index (κ1) is 16.8. The molecule has 1 aliphatic rings. The number of piperazine rings is 1. The molecule has 2 heterocycles. The molecule has 0 N–H and O–H groups in total. The monoisotopic (exact) mass is 330 g/mol. The quantitative estimate of drug-likeness (QED) is 0.778. The number of aryl methyl sites for hydroxylation is 1. The largest absolute Gasteiger partial charge is 0.495 e. The molecular formula is C18H26N4O2. The molecule has 1 aliphatic heterocycles. The maximum atomic E-state index is 5.47. The Kier molecular flexibility index (Phi) is 5.69. The Balaban J connectivity index is 1.52. The van der Waals surface area contributed by atoms with Gasteiger partial charge in [0, 0.05) is 32.6 Å². The Morgan fingerprint density at radius 2 is 1.96 bits per heavy atom. The van der Waals surface area contributed by atoms with Crippen LogP contribution in [0.25, 0.3) is 0 Å². The number of nitrogens with zero attached hydrogens (tertiary/aromatic N) is 4. The van der Waals surface area contributed by atoms with Gasteiger partial charge >= 0.3 is 0 Å². The van der Waals surface area contributed by atoms with Gasteiger partial charge in [-0.25, -0.2) is 0 Å². The van der Waals surface area contributed by atoms with Crippen LogP contribution in [0.2, 0.25) is 0 Å². The summed E-state index contributed by atoms with van der Waals surface area (Å²) < 4.78 is 10.8. The van der Waals surface area contributed by atoms with E-state index in [-0.39, 0.29) is 0 Å². The normalized spacial score (nSPS) is 15.7. The van der Waals surface area contributed by atoms with Crippen molar-refractivity contribution in [3.63, 3.8) is 0 Å². The third-order valence-electron chi connectivity index (χ3n) is 4.42. The van der Waals surface area contributed by atoms with Crippen molar-refractivity contribution in [2.45, 2.75) is 32.7 Å². The molecule has 130 valence electrons. The van der Waals surface area contributed by atoms with Gasteiger partial charge in [0.15, 0.2) is 5.82 Å².